The molecule has 0 bridgehead atoms. The first kappa shape index (κ1) is 19.0. The zero-order valence-corrected chi connectivity index (χ0v) is 15.9. The first-order valence-corrected chi connectivity index (χ1v) is 9.20. The van der Waals surface area contributed by atoms with Crippen molar-refractivity contribution < 1.29 is 20.1 Å². The summed E-state index contributed by atoms with van der Waals surface area (Å²) in [4.78, 5) is 8.40. The molecule has 0 saturated carbocycles. The van der Waals surface area contributed by atoms with Crippen molar-refractivity contribution in [3.05, 3.63) is 65.2 Å². The van der Waals surface area contributed by atoms with Crippen LogP contribution in [0, 0.1) is 6.92 Å². The smallest absolute Gasteiger partial charge is 0.164 e. The number of fused-ring (bicyclic) bond motifs is 1. The minimum absolute atomic E-state index is 0.430. The zero-order chi connectivity index (χ0) is 20.0. The van der Waals surface area contributed by atoms with E-state index in [1.807, 2.05) is 13.0 Å². The second kappa shape index (κ2) is 7.27. The quantitative estimate of drug-likeness (QED) is 0.620. The monoisotopic (exact) mass is 401 g/mol. The molecule has 1 aliphatic rings. The molecule has 0 spiro atoms. The molecule has 3 heterocycles. The maximum absolute atomic E-state index is 10.8. The molecule has 5 atom stereocenters. The molecular weight excluding hydrogens is 382 g/mol. The first-order chi connectivity index (χ1) is 13.4. The van der Waals surface area contributed by atoms with Crippen LogP contribution in [0.25, 0.3) is 17.1 Å². The normalized spacial score (nSPS) is 25.9. The molecule has 2 aromatic heterocycles. The second-order valence-corrected chi connectivity index (χ2v) is 7.23. The third-order valence-electron chi connectivity index (χ3n) is 5.15. The molecule has 8 heteroatoms. The molecule has 1 aliphatic heterocycles. The summed E-state index contributed by atoms with van der Waals surface area (Å²) in [6.07, 6.45) is -0.884. The largest absolute Gasteiger partial charge is 0.387 e. The maximum Gasteiger partial charge on any atom is 0.164 e. The summed E-state index contributed by atoms with van der Waals surface area (Å²) in [5.41, 5.74) is 2.59. The zero-order valence-electron chi connectivity index (χ0n) is 15.1. The fourth-order valence-corrected chi connectivity index (χ4v) is 3.83. The number of halogens is 1. The van der Waals surface area contributed by atoms with E-state index in [2.05, 4.69) is 16.5 Å². The average Bonchev–Trinajstić information content (AvgIpc) is 3.24. The Morgan fingerprint density at radius 3 is 2.75 bits per heavy atom. The molecule has 0 radical (unpaired) electrons. The lowest BCUT2D eigenvalue weighted by Gasteiger charge is -2.22. The predicted molar refractivity (Wildman–Crippen MR) is 105 cm³/mol. The molecule has 146 valence electrons. The van der Waals surface area contributed by atoms with Crippen molar-refractivity contribution in [2.45, 2.75) is 37.6 Å². The van der Waals surface area contributed by atoms with Gasteiger partial charge in [0.05, 0.1) is 5.69 Å². The van der Waals surface area contributed by atoms with Crippen LogP contribution < -0.4 is 0 Å². The van der Waals surface area contributed by atoms with E-state index in [0.717, 1.165) is 16.6 Å². The Balaban J connectivity index is 1.65. The molecule has 0 aliphatic carbocycles. The van der Waals surface area contributed by atoms with Gasteiger partial charge in [-0.25, -0.2) is 9.97 Å². The highest BCUT2D eigenvalue weighted by molar-refractivity contribution is 6.32. The summed E-state index contributed by atoms with van der Waals surface area (Å²) in [5, 5.41) is 33.1. The van der Waals surface area contributed by atoms with E-state index in [-0.39, 0.29) is 0 Å². The number of aromatic nitrogens is 3. The third kappa shape index (κ3) is 3.01. The van der Waals surface area contributed by atoms with Gasteiger partial charge in [0, 0.05) is 16.6 Å². The van der Waals surface area contributed by atoms with Gasteiger partial charge in [-0.1, -0.05) is 36.4 Å². The molecular formula is C20H20ClN3O4. The average molecular weight is 402 g/mol. The standard InChI is InChI=1S/C20H20ClN3O4/c1-3-11-4-5-12(8-14(11)21)15(25)18-16(26)17(27)20(28-18)24-7-6-13-10(2)22-9-23-19(13)24/h3-9,15-18,20,25-27H,1H2,2H3. The number of ether oxygens (including phenoxy) is 1. The van der Waals surface area contributed by atoms with Crippen molar-refractivity contribution in [1.29, 1.82) is 0 Å². The van der Waals surface area contributed by atoms with Gasteiger partial charge in [-0.05, 0) is 30.2 Å². The van der Waals surface area contributed by atoms with Crippen molar-refractivity contribution in [1.82, 2.24) is 14.5 Å². The second-order valence-electron chi connectivity index (χ2n) is 6.82. The highest BCUT2D eigenvalue weighted by Gasteiger charge is 2.47. The van der Waals surface area contributed by atoms with E-state index in [9.17, 15) is 15.3 Å². The van der Waals surface area contributed by atoms with E-state index < -0.39 is 30.6 Å². The SMILES string of the molecule is C=Cc1ccc(C(O)C2OC(n3ccc4c(C)ncnc43)C(O)C2O)cc1Cl. The van der Waals surface area contributed by atoms with E-state index in [1.165, 1.54) is 6.33 Å². The minimum atomic E-state index is -1.29. The Morgan fingerprint density at radius 2 is 2.04 bits per heavy atom. The number of benzene rings is 1. The summed E-state index contributed by atoms with van der Waals surface area (Å²) in [5.74, 6) is 0. The van der Waals surface area contributed by atoms with Gasteiger partial charge in [0.15, 0.2) is 6.23 Å². The van der Waals surface area contributed by atoms with Gasteiger partial charge in [0.1, 0.15) is 36.4 Å². The van der Waals surface area contributed by atoms with Gasteiger partial charge in [-0.15, -0.1) is 0 Å². The Labute approximate surface area is 166 Å². The van der Waals surface area contributed by atoms with Crippen LogP contribution >= 0.6 is 11.6 Å². The fourth-order valence-electron chi connectivity index (χ4n) is 3.56. The number of hydrogen-bond acceptors (Lipinski definition) is 6. The van der Waals surface area contributed by atoms with Gasteiger partial charge in [-0.2, -0.15) is 0 Å². The number of nitrogens with zero attached hydrogens (tertiary/aromatic N) is 3. The third-order valence-corrected chi connectivity index (χ3v) is 5.48. The number of aliphatic hydroxyl groups is 3. The summed E-state index contributed by atoms with van der Waals surface area (Å²) >= 11 is 6.18. The Bertz CT molecular complexity index is 1040. The molecule has 3 N–H and O–H groups in total. The van der Waals surface area contributed by atoms with Crippen molar-refractivity contribution in [3.63, 3.8) is 0 Å². The Hall–Kier alpha value is -2.29. The van der Waals surface area contributed by atoms with Gasteiger partial charge >= 0.3 is 0 Å². The van der Waals surface area contributed by atoms with Crippen molar-refractivity contribution >= 4 is 28.7 Å². The molecule has 4 rings (SSSR count). The van der Waals surface area contributed by atoms with E-state index in [1.54, 1.807) is 35.0 Å². The molecule has 0 amide bonds. The van der Waals surface area contributed by atoms with Gasteiger partial charge in [-0.3, -0.25) is 0 Å². The lowest BCUT2D eigenvalue weighted by atomic mass is 9.98. The number of rotatable bonds is 4. The minimum Gasteiger partial charge on any atom is -0.387 e. The van der Waals surface area contributed by atoms with Crippen LogP contribution in [0.4, 0.5) is 0 Å². The number of hydrogen-bond donors (Lipinski definition) is 3. The molecule has 28 heavy (non-hydrogen) atoms. The van der Waals surface area contributed by atoms with Crippen LogP contribution in [-0.4, -0.2) is 48.2 Å². The van der Waals surface area contributed by atoms with Gasteiger partial charge in [0.2, 0.25) is 0 Å². The lowest BCUT2D eigenvalue weighted by Crippen LogP contribution is -2.34. The first-order valence-electron chi connectivity index (χ1n) is 8.82. The van der Waals surface area contributed by atoms with Crippen LogP contribution in [0.5, 0.6) is 0 Å². The molecule has 1 fully saturated rings. The highest BCUT2D eigenvalue weighted by Crippen LogP contribution is 2.38. The van der Waals surface area contributed by atoms with E-state index in [0.29, 0.717) is 16.2 Å². The molecule has 7 nitrogen and oxygen atoms in total. The Kier molecular flexibility index (Phi) is 4.95. The molecule has 1 aromatic carbocycles. The fraction of sp³-hybridized carbons (Fsp3) is 0.300. The van der Waals surface area contributed by atoms with Crippen LogP contribution in [0.3, 0.4) is 0 Å². The van der Waals surface area contributed by atoms with Gasteiger partial charge in [0.25, 0.3) is 0 Å². The number of aryl methyl sites for hydroxylation is 1. The molecule has 1 saturated heterocycles. The lowest BCUT2D eigenvalue weighted by molar-refractivity contribution is -0.0848. The summed E-state index contributed by atoms with van der Waals surface area (Å²) in [6.45, 7) is 5.54. The van der Waals surface area contributed by atoms with Crippen molar-refractivity contribution in [2.75, 3.05) is 0 Å². The summed E-state index contributed by atoms with van der Waals surface area (Å²) in [7, 11) is 0. The summed E-state index contributed by atoms with van der Waals surface area (Å²) in [6, 6.07) is 6.83. The van der Waals surface area contributed by atoms with Crippen molar-refractivity contribution in [2.24, 2.45) is 0 Å². The van der Waals surface area contributed by atoms with Crippen LogP contribution in [0.2, 0.25) is 5.02 Å². The molecule has 3 aromatic rings. The number of aliphatic hydroxyl groups excluding tert-OH is 3. The Morgan fingerprint density at radius 1 is 1.25 bits per heavy atom. The highest BCUT2D eigenvalue weighted by atomic mass is 35.5. The van der Waals surface area contributed by atoms with Crippen molar-refractivity contribution in [3.8, 4) is 0 Å². The predicted octanol–water partition coefficient (Wildman–Crippen LogP) is 2.39. The van der Waals surface area contributed by atoms with E-state index >= 15 is 0 Å². The van der Waals surface area contributed by atoms with Crippen LogP contribution in [0.1, 0.15) is 29.2 Å². The van der Waals surface area contributed by atoms with Crippen LogP contribution in [0.15, 0.2) is 43.4 Å². The maximum atomic E-state index is 10.8. The molecule has 5 unspecified atom stereocenters. The van der Waals surface area contributed by atoms with Crippen LogP contribution in [-0.2, 0) is 4.74 Å². The van der Waals surface area contributed by atoms with Gasteiger partial charge < -0.3 is 24.6 Å². The van der Waals surface area contributed by atoms with E-state index in [4.69, 9.17) is 16.3 Å². The summed E-state index contributed by atoms with van der Waals surface area (Å²) < 4.78 is 7.52. The topological polar surface area (TPSA) is 101 Å².